The Balaban J connectivity index is 3.54. The Bertz CT molecular complexity index is 410. The molecule has 9 heteroatoms. The highest BCUT2D eigenvalue weighted by Gasteiger charge is 2.32. The molecule has 1 rings (SSSR count). The summed E-state index contributed by atoms with van der Waals surface area (Å²) in [4.78, 5) is 2.89. The molecule has 0 saturated heterocycles. The highest BCUT2D eigenvalue weighted by Crippen LogP contribution is 2.47. The molecule has 0 atom stereocenters. The zero-order valence-electron chi connectivity index (χ0n) is 7.05. The smallest absolute Gasteiger partial charge is 0.234 e. The van der Waals surface area contributed by atoms with Crippen molar-refractivity contribution in [2.24, 2.45) is 0 Å². The highest BCUT2D eigenvalue weighted by atomic mass is 35.6. The zero-order chi connectivity index (χ0) is 12.7. The monoisotopic (exact) mass is 379 g/mol. The van der Waals surface area contributed by atoms with Crippen LogP contribution in [-0.2, 0) is 3.79 Å². The lowest BCUT2D eigenvalue weighted by Crippen LogP contribution is -2.08. The van der Waals surface area contributed by atoms with Gasteiger partial charge in [0.2, 0.25) is 3.79 Å². The van der Waals surface area contributed by atoms with Crippen LogP contribution in [0.15, 0.2) is 0 Å². The van der Waals surface area contributed by atoms with Crippen LogP contribution in [0.25, 0.3) is 0 Å². The van der Waals surface area contributed by atoms with Crippen LogP contribution in [0.3, 0.4) is 0 Å². The lowest BCUT2D eigenvalue weighted by Gasteiger charge is -2.16. The summed E-state index contributed by atoms with van der Waals surface area (Å²) in [7, 11) is 0. The van der Waals surface area contributed by atoms with Crippen molar-refractivity contribution >= 4 is 92.8 Å². The van der Waals surface area contributed by atoms with Gasteiger partial charge in [-0.25, -0.2) is 4.98 Å². The van der Waals surface area contributed by atoms with Crippen LogP contribution in [0.2, 0.25) is 15.1 Å². The Labute approximate surface area is 132 Å². The van der Waals surface area contributed by atoms with E-state index < -0.39 is 8.63 Å². The van der Waals surface area contributed by atoms with Crippen molar-refractivity contribution in [2.45, 2.75) is 8.63 Å². The molecule has 0 aliphatic carbocycles. The number of halogens is 8. The second-order valence-electron chi connectivity index (χ2n) is 2.59. The maximum absolute atomic E-state index is 5.84. The molecule has 90 valence electrons. The number of alkyl halides is 5. The van der Waals surface area contributed by atoms with Crippen molar-refractivity contribution in [3.05, 3.63) is 26.5 Å². The number of hydrogen-bond acceptors (Lipinski definition) is 1. The molecule has 0 aliphatic heterocycles. The fourth-order valence-electron chi connectivity index (χ4n) is 0.864. The van der Waals surface area contributed by atoms with E-state index in [9.17, 15) is 0 Å². The minimum Gasteiger partial charge on any atom is -0.247 e. The summed E-state index contributed by atoms with van der Waals surface area (Å²) in [5.74, 6) is 0. The van der Waals surface area contributed by atoms with E-state index >= 15 is 0 Å². The summed E-state index contributed by atoms with van der Waals surface area (Å²) >= 11 is 45.8. The molecule has 0 spiro atoms. The van der Waals surface area contributed by atoms with Gasteiger partial charge in [0.25, 0.3) is 0 Å². The molecule has 0 aliphatic rings. The third kappa shape index (κ3) is 3.27. The third-order valence-corrected chi connectivity index (χ3v) is 3.80. The molecule has 0 unspecified atom stereocenters. The normalized spacial score (nSPS) is 12.3. The van der Waals surface area contributed by atoms with Gasteiger partial charge in [0, 0.05) is 0 Å². The van der Waals surface area contributed by atoms with E-state index in [-0.39, 0.29) is 26.5 Å². The summed E-state index contributed by atoms with van der Waals surface area (Å²) in [6.45, 7) is 0. The molecule has 0 fully saturated rings. The maximum Gasteiger partial charge on any atom is 0.234 e. The van der Waals surface area contributed by atoms with E-state index in [0.717, 1.165) is 0 Å². The van der Waals surface area contributed by atoms with Crippen LogP contribution in [0.5, 0.6) is 0 Å². The van der Waals surface area contributed by atoms with E-state index in [4.69, 9.17) is 92.8 Å². The number of pyridine rings is 1. The Hall–Kier alpha value is 1.47. The number of aromatic nitrogens is 1. The topological polar surface area (TPSA) is 12.9 Å². The second kappa shape index (κ2) is 5.63. The fraction of sp³-hybridized carbons (Fsp3) is 0.286. The molecule has 0 radical (unpaired) electrons. The Morgan fingerprint density at radius 3 is 1.75 bits per heavy atom. The molecule has 1 aromatic rings. The summed E-state index contributed by atoms with van der Waals surface area (Å²) < 4.78 is -1.84. The standard InChI is InChI=1S/C7HCl8N/c8-1-2(9)4(6(11)12)16-5(3(1)10)7(13,14)15/h6H. The first kappa shape index (κ1) is 15.5. The van der Waals surface area contributed by atoms with E-state index in [0.29, 0.717) is 0 Å². The van der Waals surface area contributed by atoms with E-state index in [2.05, 4.69) is 4.98 Å². The Morgan fingerprint density at radius 2 is 1.38 bits per heavy atom. The molecule has 0 bridgehead atoms. The van der Waals surface area contributed by atoms with Crippen LogP contribution >= 0.6 is 92.8 Å². The molecule has 0 aromatic carbocycles. The van der Waals surface area contributed by atoms with E-state index in [1.165, 1.54) is 0 Å². The molecule has 0 amide bonds. The van der Waals surface area contributed by atoms with Gasteiger partial charge in [-0.1, -0.05) is 92.8 Å². The summed E-state index contributed by atoms with van der Waals surface area (Å²) in [6.07, 6.45) is 0. The molecular formula is C7HCl8N. The van der Waals surface area contributed by atoms with Gasteiger partial charge in [-0.05, 0) is 0 Å². The first-order chi connectivity index (χ1) is 7.16. The van der Waals surface area contributed by atoms with Gasteiger partial charge in [0.1, 0.15) is 5.69 Å². The van der Waals surface area contributed by atoms with Gasteiger partial charge < -0.3 is 0 Å². The van der Waals surface area contributed by atoms with Crippen LogP contribution in [0, 0.1) is 0 Å². The average molecular weight is 383 g/mol. The minimum absolute atomic E-state index is 0.0130. The largest absolute Gasteiger partial charge is 0.247 e. The van der Waals surface area contributed by atoms with Crippen molar-refractivity contribution in [2.75, 3.05) is 0 Å². The second-order valence-corrected chi connectivity index (χ2v) is 7.10. The minimum atomic E-state index is -1.84. The summed E-state index contributed by atoms with van der Waals surface area (Å²) in [5, 5.41) is -0.0370. The molecule has 1 nitrogen and oxygen atoms in total. The van der Waals surface area contributed by atoms with Gasteiger partial charge in [0.15, 0.2) is 4.84 Å². The molecule has 0 N–H and O–H groups in total. The first-order valence-corrected chi connectivity index (χ1v) is 6.70. The van der Waals surface area contributed by atoms with Crippen molar-refractivity contribution in [1.82, 2.24) is 4.98 Å². The average Bonchev–Trinajstić information content (AvgIpc) is 2.11. The molecule has 1 heterocycles. The number of hydrogen-bond donors (Lipinski definition) is 0. The maximum atomic E-state index is 5.84. The van der Waals surface area contributed by atoms with Crippen LogP contribution in [-0.4, -0.2) is 4.98 Å². The van der Waals surface area contributed by atoms with Crippen molar-refractivity contribution in [3.63, 3.8) is 0 Å². The lowest BCUT2D eigenvalue weighted by molar-refractivity contribution is 1.02. The Morgan fingerprint density at radius 1 is 0.875 bits per heavy atom. The fourth-order valence-corrected chi connectivity index (χ4v) is 2.61. The third-order valence-electron chi connectivity index (χ3n) is 1.53. The highest BCUT2D eigenvalue weighted by molar-refractivity contribution is 6.67. The zero-order valence-corrected chi connectivity index (χ0v) is 13.1. The van der Waals surface area contributed by atoms with E-state index in [1.54, 1.807) is 0 Å². The summed E-state index contributed by atoms with van der Waals surface area (Å²) in [5.41, 5.74) is 0.00981. The van der Waals surface area contributed by atoms with Crippen LogP contribution in [0.1, 0.15) is 16.2 Å². The van der Waals surface area contributed by atoms with Crippen molar-refractivity contribution in [3.8, 4) is 0 Å². The van der Waals surface area contributed by atoms with Gasteiger partial charge in [-0.15, -0.1) is 0 Å². The van der Waals surface area contributed by atoms with Crippen molar-refractivity contribution < 1.29 is 0 Å². The predicted molar refractivity (Wildman–Crippen MR) is 73.0 cm³/mol. The molecule has 16 heavy (non-hydrogen) atoms. The van der Waals surface area contributed by atoms with Crippen LogP contribution in [0.4, 0.5) is 0 Å². The van der Waals surface area contributed by atoms with E-state index in [1.807, 2.05) is 0 Å². The molecule has 0 saturated carbocycles. The predicted octanol–water partition coefficient (Wildman–Crippen LogP) is 6.34. The number of nitrogens with zero attached hydrogens (tertiary/aromatic N) is 1. The molecular weight excluding hydrogens is 382 g/mol. The van der Waals surface area contributed by atoms with Gasteiger partial charge in [-0.3, -0.25) is 0 Å². The Kier molecular flexibility index (Phi) is 5.46. The van der Waals surface area contributed by atoms with Gasteiger partial charge >= 0.3 is 0 Å². The molecule has 1 aromatic heterocycles. The number of rotatable bonds is 1. The SMILES string of the molecule is Clc1c(C(Cl)Cl)nc(C(Cl)(Cl)Cl)c(Cl)c1Cl. The lowest BCUT2D eigenvalue weighted by atomic mass is 10.3. The quantitative estimate of drug-likeness (QED) is 0.516. The summed E-state index contributed by atoms with van der Waals surface area (Å²) in [6, 6.07) is 0. The van der Waals surface area contributed by atoms with Gasteiger partial charge in [-0.2, -0.15) is 0 Å². The first-order valence-electron chi connectivity index (χ1n) is 3.56. The van der Waals surface area contributed by atoms with Crippen molar-refractivity contribution in [1.29, 1.82) is 0 Å². The van der Waals surface area contributed by atoms with Gasteiger partial charge in [0.05, 0.1) is 20.8 Å². The van der Waals surface area contributed by atoms with Crippen LogP contribution < -0.4 is 0 Å².